The average Bonchev–Trinajstić information content (AvgIpc) is 2.83. The van der Waals surface area contributed by atoms with Crippen molar-refractivity contribution >= 4 is 23.2 Å². The summed E-state index contributed by atoms with van der Waals surface area (Å²) in [6.07, 6.45) is 3.59. The van der Waals surface area contributed by atoms with Crippen LogP contribution in [-0.2, 0) is 4.79 Å². The number of nitrogens with two attached hydrogens (primary N) is 3. The lowest BCUT2D eigenvalue weighted by Crippen LogP contribution is -2.47. The molecule has 0 aromatic carbocycles. The van der Waals surface area contributed by atoms with Crippen LogP contribution in [0.4, 0.5) is 11.5 Å². The van der Waals surface area contributed by atoms with Gasteiger partial charge in [0.05, 0.1) is 11.1 Å². The summed E-state index contributed by atoms with van der Waals surface area (Å²) in [5, 5.41) is 0. The number of aliphatic imine (C=N–C) groups is 1. The minimum Gasteiger partial charge on any atom is -0.401 e. The second kappa shape index (κ2) is 10.7. The number of hydrogen-bond donors (Lipinski definition) is 3. The topological polar surface area (TPSA) is 130 Å². The summed E-state index contributed by atoms with van der Waals surface area (Å²) in [4.78, 5) is 30.0. The number of anilines is 2. The Balaban J connectivity index is 1.68. The van der Waals surface area contributed by atoms with Gasteiger partial charge in [-0.25, -0.2) is 4.98 Å². The molecule has 2 fully saturated rings. The average molecular weight is 509 g/mol. The number of pyridine rings is 1. The molecule has 4 rings (SSSR count). The van der Waals surface area contributed by atoms with Crippen molar-refractivity contribution in [1.82, 2.24) is 9.88 Å². The summed E-state index contributed by atoms with van der Waals surface area (Å²) >= 11 is 0. The molecule has 202 valence electrons. The van der Waals surface area contributed by atoms with Crippen molar-refractivity contribution in [2.45, 2.75) is 53.4 Å². The number of carbonyl (C=O) groups excluding carboxylic acids is 1. The van der Waals surface area contributed by atoms with E-state index in [-0.39, 0.29) is 11.7 Å². The number of amides is 1. The first-order chi connectivity index (χ1) is 17.5. The van der Waals surface area contributed by atoms with Crippen LogP contribution in [0.5, 0.6) is 0 Å². The van der Waals surface area contributed by atoms with E-state index in [9.17, 15) is 4.79 Å². The Morgan fingerprint density at radius 1 is 1.14 bits per heavy atom. The summed E-state index contributed by atoms with van der Waals surface area (Å²) in [6.45, 7) is 13.7. The van der Waals surface area contributed by atoms with Gasteiger partial charge in [0.25, 0.3) is 5.91 Å². The van der Waals surface area contributed by atoms with Gasteiger partial charge in [0.2, 0.25) is 0 Å². The highest BCUT2D eigenvalue weighted by Gasteiger charge is 2.41. The lowest BCUT2D eigenvalue weighted by molar-refractivity contribution is -0.125. The quantitative estimate of drug-likeness (QED) is 0.395. The number of piperazine rings is 1. The Kier molecular flexibility index (Phi) is 7.83. The van der Waals surface area contributed by atoms with Gasteiger partial charge in [-0.05, 0) is 71.1 Å². The standard InChI is InChI=1S/C28H44N8O/c1-6-20-16-36(17-20)21-14-22(32-23(15-21)35-12-10-34(5)11-13-35)26(31)33-27(37)28(4)9-7-8-18(2)24(28)25(30)19(3)29/h14-15,20H,6-13,16-17,29-30H2,1-5H3,(H2,31,33,37)/b25-19-. The first kappa shape index (κ1) is 27.0. The predicted molar refractivity (Wildman–Crippen MR) is 151 cm³/mol. The van der Waals surface area contributed by atoms with Crippen LogP contribution in [0, 0.1) is 11.3 Å². The summed E-state index contributed by atoms with van der Waals surface area (Å²) in [7, 11) is 2.14. The zero-order valence-electron chi connectivity index (χ0n) is 23.2. The number of hydrogen-bond acceptors (Lipinski definition) is 7. The Labute approximate surface area is 221 Å². The van der Waals surface area contributed by atoms with Gasteiger partial charge in [-0.15, -0.1) is 0 Å². The first-order valence-corrected chi connectivity index (χ1v) is 13.6. The van der Waals surface area contributed by atoms with E-state index in [0.29, 0.717) is 29.4 Å². The van der Waals surface area contributed by atoms with Gasteiger partial charge in [0.1, 0.15) is 11.5 Å². The van der Waals surface area contributed by atoms with E-state index in [2.05, 4.69) is 39.7 Å². The minimum atomic E-state index is -0.874. The van der Waals surface area contributed by atoms with Gasteiger partial charge in [-0.2, -0.15) is 4.99 Å². The predicted octanol–water partition coefficient (Wildman–Crippen LogP) is 2.57. The number of likely N-dealkylation sites (N-methyl/N-ethyl adjacent to an activating group) is 1. The molecule has 1 atom stereocenters. The van der Waals surface area contributed by atoms with Gasteiger partial charge in [0.15, 0.2) is 5.84 Å². The van der Waals surface area contributed by atoms with Crippen molar-refractivity contribution in [2.24, 2.45) is 33.5 Å². The second-order valence-electron chi connectivity index (χ2n) is 11.3. The maximum atomic E-state index is 13.7. The largest absolute Gasteiger partial charge is 0.401 e. The molecule has 0 spiro atoms. The van der Waals surface area contributed by atoms with Crippen molar-refractivity contribution in [3.8, 4) is 0 Å². The highest BCUT2D eigenvalue weighted by atomic mass is 16.1. The number of allylic oxidation sites excluding steroid dienone is 3. The molecule has 0 radical (unpaired) electrons. The van der Waals surface area contributed by atoms with E-state index in [0.717, 1.165) is 74.8 Å². The zero-order valence-corrected chi connectivity index (χ0v) is 23.2. The molecule has 1 aromatic heterocycles. The SMILES string of the molecule is CCC1CN(c2cc(C(N)=NC(=O)C3(C)CCCC(C)=C3/C(N)=C(\C)N)nc(N3CCN(C)CC3)c2)C1. The third-order valence-corrected chi connectivity index (χ3v) is 8.38. The second-order valence-corrected chi connectivity index (χ2v) is 11.3. The molecular weight excluding hydrogens is 464 g/mol. The Morgan fingerprint density at radius 2 is 1.81 bits per heavy atom. The highest BCUT2D eigenvalue weighted by molar-refractivity contribution is 6.05. The summed E-state index contributed by atoms with van der Waals surface area (Å²) in [5.41, 5.74) is 22.6. The lowest BCUT2D eigenvalue weighted by Gasteiger charge is -2.41. The fourth-order valence-electron chi connectivity index (χ4n) is 5.71. The maximum absolute atomic E-state index is 13.7. The van der Waals surface area contributed by atoms with E-state index in [1.165, 1.54) is 6.42 Å². The fourth-order valence-corrected chi connectivity index (χ4v) is 5.71. The fraction of sp³-hybridized carbons (Fsp3) is 0.607. The summed E-state index contributed by atoms with van der Waals surface area (Å²) in [6, 6.07) is 4.12. The molecule has 0 bridgehead atoms. The van der Waals surface area contributed by atoms with Crippen molar-refractivity contribution in [2.75, 3.05) is 56.1 Å². The van der Waals surface area contributed by atoms with Crippen LogP contribution in [0.3, 0.4) is 0 Å². The van der Waals surface area contributed by atoms with Crippen molar-refractivity contribution < 1.29 is 4.79 Å². The number of rotatable bonds is 6. The molecule has 1 unspecified atom stereocenters. The minimum absolute atomic E-state index is 0.144. The molecule has 1 amide bonds. The van der Waals surface area contributed by atoms with E-state index < -0.39 is 5.41 Å². The van der Waals surface area contributed by atoms with E-state index >= 15 is 0 Å². The van der Waals surface area contributed by atoms with Crippen LogP contribution in [0.2, 0.25) is 0 Å². The van der Waals surface area contributed by atoms with E-state index in [1.54, 1.807) is 6.92 Å². The monoisotopic (exact) mass is 508 g/mol. The first-order valence-electron chi connectivity index (χ1n) is 13.6. The van der Waals surface area contributed by atoms with Gasteiger partial charge in [0, 0.05) is 56.7 Å². The van der Waals surface area contributed by atoms with Crippen LogP contribution in [0.25, 0.3) is 0 Å². The van der Waals surface area contributed by atoms with E-state index in [1.807, 2.05) is 19.9 Å². The molecule has 37 heavy (non-hydrogen) atoms. The van der Waals surface area contributed by atoms with Crippen LogP contribution in [0.1, 0.15) is 59.1 Å². The van der Waals surface area contributed by atoms with Gasteiger partial charge in [-0.3, -0.25) is 4.79 Å². The molecule has 0 saturated carbocycles. The summed E-state index contributed by atoms with van der Waals surface area (Å²) < 4.78 is 0. The Bertz CT molecular complexity index is 1120. The van der Waals surface area contributed by atoms with E-state index in [4.69, 9.17) is 22.2 Å². The van der Waals surface area contributed by atoms with Gasteiger partial charge >= 0.3 is 0 Å². The zero-order chi connectivity index (χ0) is 26.9. The maximum Gasteiger partial charge on any atom is 0.258 e. The van der Waals surface area contributed by atoms with Crippen molar-refractivity contribution in [3.63, 3.8) is 0 Å². The van der Waals surface area contributed by atoms with Gasteiger partial charge < -0.3 is 31.9 Å². The lowest BCUT2D eigenvalue weighted by atomic mass is 9.69. The van der Waals surface area contributed by atoms with Crippen molar-refractivity contribution in [3.05, 3.63) is 40.4 Å². The van der Waals surface area contributed by atoms with Crippen LogP contribution < -0.4 is 27.0 Å². The molecule has 1 aliphatic carbocycles. The molecule has 3 aliphatic rings. The molecule has 9 heteroatoms. The third-order valence-electron chi connectivity index (χ3n) is 8.38. The molecule has 2 saturated heterocycles. The molecule has 1 aromatic rings. The normalized spacial score (nSPS) is 24.7. The molecule has 3 heterocycles. The van der Waals surface area contributed by atoms with Crippen LogP contribution in [-0.4, -0.2) is 67.9 Å². The van der Waals surface area contributed by atoms with Gasteiger partial charge in [-0.1, -0.05) is 12.5 Å². The molecule has 2 aliphatic heterocycles. The molecular formula is C28H44N8O. The number of nitrogens with zero attached hydrogens (tertiary/aromatic N) is 5. The summed E-state index contributed by atoms with van der Waals surface area (Å²) in [5.74, 6) is 1.44. The molecule has 9 nitrogen and oxygen atoms in total. The smallest absolute Gasteiger partial charge is 0.258 e. The van der Waals surface area contributed by atoms with Crippen LogP contribution >= 0.6 is 0 Å². The Hall–Kier alpha value is -3.07. The van der Waals surface area contributed by atoms with Crippen molar-refractivity contribution in [1.29, 1.82) is 0 Å². The number of aromatic nitrogens is 1. The number of amidine groups is 1. The van der Waals surface area contributed by atoms with Crippen LogP contribution in [0.15, 0.2) is 39.7 Å². The highest BCUT2D eigenvalue weighted by Crippen LogP contribution is 2.44. The number of carbonyl (C=O) groups is 1. The molecule has 6 N–H and O–H groups in total. The third kappa shape index (κ3) is 5.46. The Morgan fingerprint density at radius 3 is 2.43 bits per heavy atom.